The van der Waals surface area contributed by atoms with Crippen LogP contribution in [0.1, 0.15) is 40.9 Å². The van der Waals surface area contributed by atoms with Crippen LogP contribution in [0, 0.1) is 13.8 Å². The SMILES string of the molecule is CCc1ccc(NC(=O)[C@H](C)OC(=O)CNC(=O)c2ccc(C)c(C)c2)cc1. The van der Waals surface area contributed by atoms with Gasteiger partial charge in [0, 0.05) is 11.3 Å². The highest BCUT2D eigenvalue weighted by Gasteiger charge is 2.18. The highest BCUT2D eigenvalue weighted by molar-refractivity contribution is 5.97. The van der Waals surface area contributed by atoms with Gasteiger partial charge in [-0.05, 0) is 68.1 Å². The zero-order valence-electron chi connectivity index (χ0n) is 16.7. The van der Waals surface area contributed by atoms with E-state index in [1.807, 2.05) is 39.0 Å². The Balaban J connectivity index is 1.81. The molecule has 0 heterocycles. The van der Waals surface area contributed by atoms with Crippen LogP contribution in [0.4, 0.5) is 5.69 Å². The molecule has 6 nitrogen and oxygen atoms in total. The monoisotopic (exact) mass is 382 g/mol. The van der Waals surface area contributed by atoms with Gasteiger partial charge >= 0.3 is 5.97 Å². The topological polar surface area (TPSA) is 84.5 Å². The molecule has 0 radical (unpaired) electrons. The maximum Gasteiger partial charge on any atom is 0.326 e. The summed E-state index contributed by atoms with van der Waals surface area (Å²) in [6, 6.07) is 12.8. The van der Waals surface area contributed by atoms with Gasteiger partial charge in [-0.3, -0.25) is 14.4 Å². The van der Waals surface area contributed by atoms with Crippen molar-refractivity contribution in [2.45, 2.75) is 40.2 Å². The van der Waals surface area contributed by atoms with Crippen molar-refractivity contribution < 1.29 is 19.1 Å². The van der Waals surface area contributed by atoms with Crippen LogP contribution in [-0.2, 0) is 20.7 Å². The molecule has 148 valence electrons. The fourth-order valence-corrected chi connectivity index (χ4v) is 2.50. The van der Waals surface area contributed by atoms with Crippen molar-refractivity contribution in [2.75, 3.05) is 11.9 Å². The smallest absolute Gasteiger partial charge is 0.326 e. The summed E-state index contributed by atoms with van der Waals surface area (Å²) < 4.78 is 5.09. The minimum absolute atomic E-state index is 0.311. The molecule has 0 bridgehead atoms. The molecule has 0 aromatic heterocycles. The summed E-state index contributed by atoms with van der Waals surface area (Å²) in [5.74, 6) is -1.48. The standard InChI is InChI=1S/C22H26N2O4/c1-5-17-7-10-19(11-8-17)24-21(26)16(4)28-20(25)13-23-22(27)18-9-6-14(2)15(3)12-18/h6-12,16H,5,13H2,1-4H3,(H,23,27)(H,24,26)/t16-/m0/s1. The molecule has 0 saturated carbocycles. The number of benzene rings is 2. The molecule has 0 aliphatic heterocycles. The van der Waals surface area contributed by atoms with Crippen molar-refractivity contribution in [1.82, 2.24) is 5.32 Å². The Labute approximate surface area is 165 Å². The third kappa shape index (κ3) is 5.94. The van der Waals surface area contributed by atoms with E-state index in [2.05, 4.69) is 10.6 Å². The summed E-state index contributed by atoms with van der Waals surface area (Å²) in [6.45, 7) is 7.09. The van der Waals surface area contributed by atoms with Crippen LogP contribution in [-0.4, -0.2) is 30.4 Å². The fraction of sp³-hybridized carbons (Fsp3) is 0.318. The number of amides is 2. The van der Waals surface area contributed by atoms with Crippen molar-refractivity contribution in [1.29, 1.82) is 0 Å². The first-order chi connectivity index (χ1) is 13.3. The van der Waals surface area contributed by atoms with E-state index < -0.39 is 18.0 Å². The Morgan fingerprint density at radius 3 is 2.29 bits per heavy atom. The second-order valence-corrected chi connectivity index (χ2v) is 6.65. The van der Waals surface area contributed by atoms with Crippen LogP contribution < -0.4 is 10.6 Å². The van der Waals surface area contributed by atoms with Gasteiger partial charge in [-0.2, -0.15) is 0 Å². The number of esters is 1. The minimum atomic E-state index is -0.975. The number of nitrogens with one attached hydrogen (secondary N) is 2. The molecule has 28 heavy (non-hydrogen) atoms. The number of anilines is 1. The van der Waals surface area contributed by atoms with Crippen LogP contribution in [0.3, 0.4) is 0 Å². The van der Waals surface area contributed by atoms with Gasteiger partial charge in [0.15, 0.2) is 6.10 Å². The van der Waals surface area contributed by atoms with E-state index in [0.717, 1.165) is 23.1 Å². The third-order valence-corrected chi connectivity index (χ3v) is 4.47. The number of carbonyl (C=O) groups excluding carboxylic acids is 3. The van der Waals surface area contributed by atoms with Gasteiger partial charge in [-0.1, -0.05) is 25.1 Å². The van der Waals surface area contributed by atoms with Crippen LogP contribution in [0.2, 0.25) is 0 Å². The summed E-state index contributed by atoms with van der Waals surface area (Å²) >= 11 is 0. The molecule has 0 spiro atoms. The second-order valence-electron chi connectivity index (χ2n) is 6.65. The normalized spacial score (nSPS) is 11.4. The molecule has 2 rings (SSSR count). The molecule has 2 amide bonds. The molecular formula is C22H26N2O4. The van der Waals surface area contributed by atoms with Gasteiger partial charge in [0.1, 0.15) is 6.54 Å². The number of carbonyl (C=O) groups is 3. The van der Waals surface area contributed by atoms with E-state index in [0.29, 0.717) is 11.3 Å². The van der Waals surface area contributed by atoms with Crippen LogP contribution in [0.5, 0.6) is 0 Å². The average Bonchev–Trinajstić information content (AvgIpc) is 2.68. The number of rotatable bonds is 7. The van der Waals surface area contributed by atoms with Gasteiger partial charge in [0.05, 0.1) is 0 Å². The quantitative estimate of drug-likeness (QED) is 0.721. The average molecular weight is 382 g/mol. The molecule has 2 N–H and O–H groups in total. The van der Waals surface area contributed by atoms with Gasteiger partial charge in [-0.15, -0.1) is 0 Å². The van der Waals surface area contributed by atoms with Crippen molar-refractivity contribution in [3.05, 3.63) is 64.7 Å². The summed E-state index contributed by atoms with van der Waals surface area (Å²) in [4.78, 5) is 36.2. The Bertz CT molecular complexity index is 859. The molecule has 6 heteroatoms. The first-order valence-electron chi connectivity index (χ1n) is 9.25. The van der Waals surface area contributed by atoms with Gasteiger partial charge < -0.3 is 15.4 Å². The molecule has 0 aliphatic rings. The van der Waals surface area contributed by atoms with Crippen molar-refractivity contribution >= 4 is 23.5 Å². The first kappa shape index (κ1) is 21.2. The van der Waals surface area contributed by atoms with E-state index in [1.165, 1.54) is 6.92 Å². The predicted molar refractivity (Wildman–Crippen MR) is 108 cm³/mol. The zero-order chi connectivity index (χ0) is 20.7. The van der Waals surface area contributed by atoms with Crippen LogP contribution >= 0.6 is 0 Å². The fourth-order valence-electron chi connectivity index (χ4n) is 2.50. The Kier molecular flexibility index (Phi) is 7.32. The van der Waals surface area contributed by atoms with E-state index in [4.69, 9.17) is 4.74 Å². The predicted octanol–water partition coefficient (Wildman–Crippen LogP) is 3.17. The lowest BCUT2D eigenvalue weighted by atomic mass is 10.1. The van der Waals surface area contributed by atoms with Crippen LogP contribution in [0.25, 0.3) is 0 Å². The lowest BCUT2D eigenvalue weighted by Crippen LogP contribution is -2.35. The summed E-state index contributed by atoms with van der Waals surface area (Å²) in [5.41, 5.74) is 4.34. The van der Waals surface area contributed by atoms with Gasteiger partial charge in [-0.25, -0.2) is 0 Å². The molecule has 1 atom stereocenters. The number of hydrogen-bond acceptors (Lipinski definition) is 4. The maximum atomic E-state index is 12.2. The van der Waals surface area contributed by atoms with E-state index in [9.17, 15) is 14.4 Å². The molecule has 2 aromatic rings. The molecule has 0 unspecified atom stereocenters. The summed E-state index contributed by atoms with van der Waals surface area (Å²) in [7, 11) is 0. The Hall–Kier alpha value is -3.15. The maximum absolute atomic E-state index is 12.2. The second kappa shape index (κ2) is 9.69. The molecular weight excluding hydrogens is 356 g/mol. The Morgan fingerprint density at radius 2 is 1.68 bits per heavy atom. The lowest BCUT2D eigenvalue weighted by molar-refractivity contribution is -0.152. The highest BCUT2D eigenvalue weighted by Crippen LogP contribution is 2.11. The van der Waals surface area contributed by atoms with Crippen LogP contribution in [0.15, 0.2) is 42.5 Å². The van der Waals surface area contributed by atoms with Gasteiger partial charge in [0.2, 0.25) is 0 Å². The Morgan fingerprint density at radius 1 is 1.00 bits per heavy atom. The molecule has 2 aromatic carbocycles. The number of hydrogen-bond donors (Lipinski definition) is 2. The zero-order valence-corrected chi connectivity index (χ0v) is 16.7. The number of aryl methyl sites for hydroxylation is 3. The van der Waals surface area contributed by atoms with Crippen molar-refractivity contribution in [3.8, 4) is 0 Å². The number of ether oxygens (including phenoxy) is 1. The van der Waals surface area contributed by atoms with Crippen molar-refractivity contribution in [2.24, 2.45) is 0 Å². The molecule has 0 aliphatic carbocycles. The highest BCUT2D eigenvalue weighted by atomic mass is 16.5. The summed E-state index contributed by atoms with van der Waals surface area (Å²) in [6.07, 6.45) is -0.0623. The first-order valence-corrected chi connectivity index (χ1v) is 9.25. The van der Waals surface area contributed by atoms with Gasteiger partial charge in [0.25, 0.3) is 11.8 Å². The van der Waals surface area contributed by atoms with E-state index >= 15 is 0 Å². The van der Waals surface area contributed by atoms with E-state index in [1.54, 1.807) is 24.3 Å². The van der Waals surface area contributed by atoms with E-state index in [-0.39, 0.29) is 12.5 Å². The third-order valence-electron chi connectivity index (χ3n) is 4.47. The van der Waals surface area contributed by atoms with Crippen molar-refractivity contribution in [3.63, 3.8) is 0 Å². The molecule has 0 fully saturated rings. The lowest BCUT2D eigenvalue weighted by Gasteiger charge is -2.14. The summed E-state index contributed by atoms with van der Waals surface area (Å²) in [5, 5.41) is 5.20. The molecule has 0 saturated heterocycles. The minimum Gasteiger partial charge on any atom is -0.451 e. The largest absolute Gasteiger partial charge is 0.451 e.